The minimum atomic E-state index is -0.722. The van der Waals surface area contributed by atoms with E-state index in [1.807, 2.05) is 0 Å². The molecule has 0 radical (unpaired) electrons. The van der Waals surface area contributed by atoms with Crippen molar-refractivity contribution >= 4 is 15.9 Å². The van der Waals surface area contributed by atoms with Crippen LogP contribution in [-0.2, 0) is 6.42 Å². The smallest absolute Gasteiger partial charge is 0.123 e. The minimum Gasteiger partial charge on any atom is -0.389 e. The highest BCUT2D eigenvalue weighted by molar-refractivity contribution is 9.10. The van der Waals surface area contributed by atoms with Gasteiger partial charge < -0.3 is 5.11 Å². The highest BCUT2D eigenvalue weighted by atomic mass is 79.9. The maximum absolute atomic E-state index is 13.3. The van der Waals surface area contributed by atoms with Gasteiger partial charge in [0.1, 0.15) is 5.82 Å². The lowest BCUT2D eigenvalue weighted by Gasteiger charge is -2.29. The monoisotopic (exact) mass is 314 g/mol. The normalized spacial score (nSPS) is 30.7. The van der Waals surface area contributed by atoms with E-state index >= 15 is 0 Å². The average molecular weight is 315 g/mol. The molecule has 2 unspecified atom stereocenters. The summed E-state index contributed by atoms with van der Waals surface area (Å²) in [6, 6.07) is 4.65. The predicted octanol–water partition coefficient (Wildman–Crippen LogP) is 4.32. The second-order valence-electron chi connectivity index (χ2n) is 6.46. The summed E-state index contributed by atoms with van der Waals surface area (Å²) in [4.78, 5) is 0. The summed E-state index contributed by atoms with van der Waals surface area (Å²) < 4.78 is 14.2. The zero-order chi connectivity index (χ0) is 13.6. The molecular weight excluding hydrogens is 295 g/mol. The van der Waals surface area contributed by atoms with E-state index in [-0.39, 0.29) is 17.2 Å². The number of rotatable bonds is 2. The van der Waals surface area contributed by atoms with Crippen LogP contribution in [0.25, 0.3) is 0 Å². The number of benzene rings is 1. The molecule has 1 aromatic carbocycles. The molecule has 1 aliphatic carbocycles. The fourth-order valence-electron chi connectivity index (χ4n) is 3.34. The third-order valence-electron chi connectivity index (χ3n) is 4.07. The van der Waals surface area contributed by atoms with E-state index in [2.05, 4.69) is 36.7 Å². The van der Waals surface area contributed by atoms with Crippen molar-refractivity contribution in [3.05, 3.63) is 34.1 Å². The molecule has 18 heavy (non-hydrogen) atoms. The lowest BCUT2D eigenvalue weighted by molar-refractivity contribution is 0.00427. The van der Waals surface area contributed by atoms with Gasteiger partial charge in [-0.2, -0.15) is 0 Å². The topological polar surface area (TPSA) is 20.2 Å². The molecule has 3 heteroatoms. The van der Waals surface area contributed by atoms with Gasteiger partial charge in [0.2, 0.25) is 0 Å². The largest absolute Gasteiger partial charge is 0.389 e. The molecule has 1 N–H and O–H groups in total. The number of hydrogen-bond donors (Lipinski definition) is 1. The molecule has 2 atom stereocenters. The highest BCUT2D eigenvalue weighted by Gasteiger charge is 2.47. The summed E-state index contributed by atoms with van der Waals surface area (Å²) in [5.74, 6) is -0.00984. The molecule has 1 saturated carbocycles. The van der Waals surface area contributed by atoms with Crippen molar-refractivity contribution in [2.45, 2.75) is 45.6 Å². The van der Waals surface area contributed by atoms with Crippen molar-refractivity contribution in [1.29, 1.82) is 0 Å². The fourth-order valence-corrected chi connectivity index (χ4v) is 3.73. The maximum atomic E-state index is 13.3. The number of halogens is 2. The predicted molar refractivity (Wildman–Crippen MR) is 74.9 cm³/mol. The Hall–Kier alpha value is -0.410. The van der Waals surface area contributed by atoms with E-state index in [0.29, 0.717) is 6.42 Å². The van der Waals surface area contributed by atoms with Crippen molar-refractivity contribution in [2.75, 3.05) is 0 Å². The van der Waals surface area contributed by atoms with E-state index < -0.39 is 5.60 Å². The van der Waals surface area contributed by atoms with Crippen LogP contribution in [-0.4, -0.2) is 10.7 Å². The Morgan fingerprint density at radius 3 is 2.67 bits per heavy atom. The van der Waals surface area contributed by atoms with Crippen LogP contribution >= 0.6 is 15.9 Å². The summed E-state index contributed by atoms with van der Waals surface area (Å²) in [7, 11) is 0. The Balaban J connectivity index is 2.25. The van der Waals surface area contributed by atoms with Crippen LogP contribution in [0.1, 0.15) is 39.2 Å². The SMILES string of the molecule is CC1CC(C)(C)CC1(O)Cc1cc(F)ccc1Br. The first-order valence-electron chi connectivity index (χ1n) is 6.38. The van der Waals surface area contributed by atoms with Gasteiger partial charge in [-0.3, -0.25) is 0 Å². The average Bonchev–Trinajstić information content (AvgIpc) is 2.41. The van der Waals surface area contributed by atoms with Crippen LogP contribution in [0, 0.1) is 17.2 Å². The second kappa shape index (κ2) is 4.61. The molecule has 1 aromatic rings. The van der Waals surface area contributed by atoms with Crippen LogP contribution < -0.4 is 0 Å². The molecule has 2 rings (SSSR count). The molecule has 1 nitrogen and oxygen atoms in total. The highest BCUT2D eigenvalue weighted by Crippen LogP contribution is 2.49. The van der Waals surface area contributed by atoms with E-state index in [0.717, 1.165) is 22.9 Å². The summed E-state index contributed by atoms with van der Waals surface area (Å²) in [6.07, 6.45) is 2.29. The first kappa shape index (κ1) is 14.0. The Kier molecular flexibility index (Phi) is 3.58. The van der Waals surface area contributed by atoms with E-state index in [1.165, 1.54) is 12.1 Å². The maximum Gasteiger partial charge on any atom is 0.123 e. The van der Waals surface area contributed by atoms with Gasteiger partial charge in [0, 0.05) is 10.9 Å². The van der Waals surface area contributed by atoms with E-state index in [9.17, 15) is 9.50 Å². The molecule has 0 amide bonds. The Labute approximate surface area is 117 Å². The molecule has 0 aromatic heterocycles. The number of aliphatic hydroxyl groups is 1. The third kappa shape index (κ3) is 2.77. The molecule has 1 aliphatic rings. The number of hydrogen-bond acceptors (Lipinski definition) is 1. The molecule has 100 valence electrons. The zero-order valence-electron chi connectivity index (χ0n) is 11.1. The minimum absolute atomic E-state index is 0.161. The van der Waals surface area contributed by atoms with Gasteiger partial charge in [0.05, 0.1) is 5.60 Å². The van der Waals surface area contributed by atoms with Crippen molar-refractivity contribution in [3.63, 3.8) is 0 Å². The molecule has 0 saturated heterocycles. The van der Waals surface area contributed by atoms with E-state index in [4.69, 9.17) is 0 Å². The van der Waals surface area contributed by atoms with Crippen LogP contribution in [0.4, 0.5) is 4.39 Å². The lowest BCUT2D eigenvalue weighted by Crippen LogP contribution is -2.35. The standard InChI is InChI=1S/C15H20BrFO/c1-10-7-14(2,3)9-15(10,18)8-11-6-12(17)4-5-13(11)16/h4-6,10,18H,7-9H2,1-3H3. The van der Waals surface area contributed by atoms with Crippen LogP contribution in [0.3, 0.4) is 0 Å². The molecular formula is C15H20BrFO. The fraction of sp³-hybridized carbons (Fsp3) is 0.600. The quantitative estimate of drug-likeness (QED) is 0.862. The van der Waals surface area contributed by atoms with Gasteiger partial charge in [-0.15, -0.1) is 0 Å². The zero-order valence-corrected chi connectivity index (χ0v) is 12.7. The Bertz CT molecular complexity index is 458. The Morgan fingerprint density at radius 1 is 1.44 bits per heavy atom. The third-order valence-corrected chi connectivity index (χ3v) is 4.84. The van der Waals surface area contributed by atoms with Crippen molar-refractivity contribution in [1.82, 2.24) is 0 Å². The summed E-state index contributed by atoms with van der Waals surface area (Å²) in [5.41, 5.74) is 0.287. The molecule has 0 spiro atoms. The van der Waals surface area contributed by atoms with Gasteiger partial charge >= 0.3 is 0 Å². The second-order valence-corrected chi connectivity index (χ2v) is 7.32. The van der Waals surface area contributed by atoms with Crippen molar-refractivity contribution in [3.8, 4) is 0 Å². The van der Waals surface area contributed by atoms with E-state index in [1.54, 1.807) is 6.07 Å². The molecule has 0 aliphatic heterocycles. The van der Waals surface area contributed by atoms with Gasteiger partial charge in [0.25, 0.3) is 0 Å². The summed E-state index contributed by atoms with van der Waals surface area (Å²) in [6.45, 7) is 6.45. The molecule has 1 fully saturated rings. The van der Waals surface area contributed by atoms with Gasteiger partial charge in [0.15, 0.2) is 0 Å². The first-order valence-corrected chi connectivity index (χ1v) is 7.17. The van der Waals surface area contributed by atoms with Gasteiger partial charge in [-0.05, 0) is 47.9 Å². The van der Waals surface area contributed by atoms with Gasteiger partial charge in [-0.25, -0.2) is 4.39 Å². The van der Waals surface area contributed by atoms with Crippen LogP contribution in [0.5, 0.6) is 0 Å². The van der Waals surface area contributed by atoms with Crippen molar-refractivity contribution < 1.29 is 9.50 Å². The molecule has 0 heterocycles. The Morgan fingerprint density at radius 2 is 2.11 bits per heavy atom. The lowest BCUT2D eigenvalue weighted by atomic mass is 9.84. The van der Waals surface area contributed by atoms with Gasteiger partial charge in [-0.1, -0.05) is 36.7 Å². The van der Waals surface area contributed by atoms with Crippen LogP contribution in [0.2, 0.25) is 0 Å². The summed E-state index contributed by atoms with van der Waals surface area (Å²) in [5, 5.41) is 10.8. The first-order chi connectivity index (χ1) is 8.22. The van der Waals surface area contributed by atoms with Crippen molar-refractivity contribution in [2.24, 2.45) is 11.3 Å². The van der Waals surface area contributed by atoms with Crippen LogP contribution in [0.15, 0.2) is 22.7 Å². The summed E-state index contributed by atoms with van der Waals surface area (Å²) >= 11 is 3.43. The molecule has 0 bridgehead atoms.